The fraction of sp³-hybridized carbons (Fsp3) is 0.562. The van der Waals surface area contributed by atoms with Gasteiger partial charge in [-0.3, -0.25) is 0 Å². The maximum Gasteiger partial charge on any atom is 0.0911 e. The van der Waals surface area contributed by atoms with Crippen LogP contribution in [-0.4, -0.2) is 5.38 Å². The Labute approximate surface area is 117 Å². The average Bonchev–Trinajstić information content (AvgIpc) is 2.35. The summed E-state index contributed by atoms with van der Waals surface area (Å²) in [5.41, 5.74) is 3.75. The van der Waals surface area contributed by atoms with E-state index in [1.165, 1.54) is 17.2 Å². The fourth-order valence-corrected chi connectivity index (χ4v) is 1.63. The van der Waals surface area contributed by atoms with Gasteiger partial charge >= 0.3 is 0 Å². The van der Waals surface area contributed by atoms with E-state index in [2.05, 4.69) is 32.9 Å². The lowest BCUT2D eigenvalue weighted by atomic mass is 10.1. The van der Waals surface area contributed by atoms with E-state index in [4.69, 9.17) is 16.9 Å². The summed E-state index contributed by atoms with van der Waals surface area (Å²) in [4.78, 5) is 0. The van der Waals surface area contributed by atoms with Gasteiger partial charge in [-0.25, -0.2) is 0 Å². The molecule has 0 aromatic heterocycles. The first-order valence-electron chi connectivity index (χ1n) is 6.52. The lowest BCUT2D eigenvalue weighted by Gasteiger charge is -2.07. The van der Waals surface area contributed by atoms with Crippen molar-refractivity contribution in [1.82, 2.24) is 0 Å². The Bertz CT molecular complexity index is 369. The number of rotatable bonds is 7. The summed E-state index contributed by atoms with van der Waals surface area (Å²) in [6, 6.07) is 2.01. The second-order valence-electron chi connectivity index (χ2n) is 4.71. The number of hydrogen-bond acceptors (Lipinski definition) is 1. The molecule has 0 aromatic rings. The number of nitrogens with zero attached hydrogens (tertiary/aromatic N) is 1. The minimum atomic E-state index is -0.0625. The van der Waals surface area contributed by atoms with Crippen LogP contribution < -0.4 is 0 Å². The molecular weight excluding hydrogens is 242 g/mol. The van der Waals surface area contributed by atoms with Crippen LogP contribution in [0.1, 0.15) is 53.4 Å². The maximum atomic E-state index is 8.55. The third-order valence-corrected chi connectivity index (χ3v) is 3.57. The van der Waals surface area contributed by atoms with Gasteiger partial charge in [-0.15, -0.1) is 11.6 Å². The molecule has 0 aliphatic rings. The molecule has 0 heterocycles. The predicted octanol–water partition coefficient (Wildman–Crippen LogP) is 5.54. The van der Waals surface area contributed by atoms with E-state index < -0.39 is 0 Å². The molecule has 100 valence electrons. The molecule has 0 aromatic carbocycles. The summed E-state index contributed by atoms with van der Waals surface area (Å²) >= 11 is 6.19. The van der Waals surface area contributed by atoms with Gasteiger partial charge in [0.25, 0.3) is 0 Å². The predicted molar refractivity (Wildman–Crippen MR) is 80.7 cm³/mol. The zero-order valence-corrected chi connectivity index (χ0v) is 12.7. The number of hydrogen-bond donors (Lipinski definition) is 0. The maximum absolute atomic E-state index is 8.55. The number of halogens is 1. The highest BCUT2D eigenvalue weighted by Crippen LogP contribution is 2.16. The van der Waals surface area contributed by atoms with Crippen LogP contribution in [0, 0.1) is 11.3 Å². The molecule has 0 amide bonds. The van der Waals surface area contributed by atoms with E-state index >= 15 is 0 Å². The van der Waals surface area contributed by atoms with Gasteiger partial charge in [-0.2, -0.15) is 5.26 Å². The Morgan fingerprint density at radius 3 is 2.44 bits per heavy atom. The second kappa shape index (κ2) is 9.97. The molecule has 0 aliphatic carbocycles. The zero-order chi connectivity index (χ0) is 14.0. The van der Waals surface area contributed by atoms with Gasteiger partial charge < -0.3 is 0 Å². The highest BCUT2D eigenvalue weighted by atomic mass is 35.5. The molecule has 0 fully saturated rings. The minimum Gasteiger partial charge on any atom is -0.193 e. The molecule has 0 N–H and O–H groups in total. The normalized spacial score (nSPS) is 15.4. The van der Waals surface area contributed by atoms with Gasteiger partial charge in [0, 0.05) is 6.08 Å². The molecule has 0 radical (unpaired) electrons. The molecule has 0 spiro atoms. The third kappa shape index (κ3) is 8.14. The highest BCUT2D eigenvalue weighted by Gasteiger charge is 2.04. The first-order valence-corrected chi connectivity index (χ1v) is 6.96. The van der Waals surface area contributed by atoms with Crippen LogP contribution in [0.4, 0.5) is 0 Å². The van der Waals surface area contributed by atoms with Gasteiger partial charge in [0.15, 0.2) is 0 Å². The lowest BCUT2D eigenvalue weighted by molar-refractivity contribution is 0.916. The summed E-state index contributed by atoms with van der Waals surface area (Å²) in [5.74, 6) is 0. The molecule has 0 saturated heterocycles. The van der Waals surface area contributed by atoms with Crippen molar-refractivity contribution in [3.8, 4) is 6.07 Å². The van der Waals surface area contributed by atoms with Gasteiger partial charge in [0.2, 0.25) is 0 Å². The molecule has 1 atom stereocenters. The zero-order valence-electron chi connectivity index (χ0n) is 12.0. The molecule has 1 unspecified atom stereocenters. The van der Waals surface area contributed by atoms with Crippen molar-refractivity contribution >= 4 is 11.6 Å². The van der Waals surface area contributed by atoms with Crippen LogP contribution >= 0.6 is 11.6 Å². The SMILES string of the molecule is CC/C(C)=C\CC/C(C)=C\CC(Cl)/C(C)=C/C#N. The lowest BCUT2D eigenvalue weighted by Crippen LogP contribution is -1.98. The van der Waals surface area contributed by atoms with Crippen molar-refractivity contribution in [3.63, 3.8) is 0 Å². The molecule has 0 bridgehead atoms. The second-order valence-corrected chi connectivity index (χ2v) is 5.24. The molecule has 0 saturated carbocycles. The Kier molecular flexibility index (Phi) is 9.42. The molecule has 18 heavy (non-hydrogen) atoms. The largest absolute Gasteiger partial charge is 0.193 e. The van der Waals surface area contributed by atoms with Gasteiger partial charge in [0.05, 0.1) is 11.4 Å². The van der Waals surface area contributed by atoms with Crippen molar-refractivity contribution in [2.45, 2.75) is 58.8 Å². The van der Waals surface area contributed by atoms with Crippen molar-refractivity contribution in [2.75, 3.05) is 0 Å². The summed E-state index contributed by atoms with van der Waals surface area (Å²) in [7, 11) is 0. The topological polar surface area (TPSA) is 23.8 Å². The number of nitriles is 1. The summed E-state index contributed by atoms with van der Waals surface area (Å²) < 4.78 is 0. The summed E-state index contributed by atoms with van der Waals surface area (Å²) in [6.45, 7) is 8.39. The first-order chi connectivity index (χ1) is 8.51. The van der Waals surface area contributed by atoms with Crippen molar-refractivity contribution < 1.29 is 0 Å². The molecule has 0 rings (SSSR count). The monoisotopic (exact) mass is 265 g/mol. The Morgan fingerprint density at radius 1 is 1.22 bits per heavy atom. The first kappa shape index (κ1) is 17.0. The average molecular weight is 266 g/mol. The van der Waals surface area contributed by atoms with E-state index in [-0.39, 0.29) is 5.38 Å². The van der Waals surface area contributed by atoms with Crippen molar-refractivity contribution in [1.29, 1.82) is 5.26 Å². The van der Waals surface area contributed by atoms with E-state index in [1.54, 1.807) is 0 Å². The van der Waals surface area contributed by atoms with E-state index in [0.717, 1.165) is 31.3 Å². The van der Waals surface area contributed by atoms with Crippen LogP contribution in [-0.2, 0) is 0 Å². The van der Waals surface area contributed by atoms with Crippen molar-refractivity contribution in [2.24, 2.45) is 0 Å². The molecule has 1 nitrogen and oxygen atoms in total. The van der Waals surface area contributed by atoms with E-state index in [9.17, 15) is 0 Å². The van der Waals surface area contributed by atoms with Gasteiger partial charge in [0.1, 0.15) is 0 Å². The quantitative estimate of drug-likeness (QED) is 0.337. The van der Waals surface area contributed by atoms with Crippen LogP contribution in [0.25, 0.3) is 0 Å². The number of allylic oxidation sites excluding steroid dienone is 6. The molecule has 0 aliphatic heterocycles. The van der Waals surface area contributed by atoms with Crippen LogP contribution in [0.5, 0.6) is 0 Å². The molecule has 2 heteroatoms. The minimum absolute atomic E-state index is 0.0625. The van der Waals surface area contributed by atoms with Gasteiger partial charge in [-0.05, 0) is 52.0 Å². The smallest absolute Gasteiger partial charge is 0.0911 e. The third-order valence-electron chi connectivity index (χ3n) is 3.05. The van der Waals surface area contributed by atoms with Crippen LogP contribution in [0.15, 0.2) is 34.9 Å². The summed E-state index contributed by atoms with van der Waals surface area (Å²) in [5, 5.41) is 8.49. The van der Waals surface area contributed by atoms with Gasteiger partial charge in [-0.1, -0.05) is 30.2 Å². The van der Waals surface area contributed by atoms with E-state index in [0.29, 0.717) is 0 Å². The standard InChI is InChI=1S/C16H24ClN/c1-5-13(2)7-6-8-14(3)9-10-16(17)15(4)11-12-18/h7,9,11,16H,5-6,8,10H2,1-4H3/b13-7-,14-9-,15-11+. The fourth-order valence-electron chi connectivity index (χ4n) is 1.48. The van der Waals surface area contributed by atoms with Crippen LogP contribution in [0.2, 0.25) is 0 Å². The summed E-state index contributed by atoms with van der Waals surface area (Å²) in [6.07, 6.45) is 10.1. The molecular formula is C16H24ClN. The Hall–Kier alpha value is -1.00. The Balaban J connectivity index is 4.13. The van der Waals surface area contributed by atoms with E-state index in [1.807, 2.05) is 13.0 Å². The van der Waals surface area contributed by atoms with Crippen LogP contribution in [0.3, 0.4) is 0 Å². The Morgan fingerprint density at radius 2 is 1.89 bits per heavy atom. The highest BCUT2D eigenvalue weighted by molar-refractivity contribution is 6.22. The number of alkyl halides is 1. The van der Waals surface area contributed by atoms with Crippen molar-refractivity contribution in [3.05, 3.63) is 34.9 Å².